The van der Waals surface area contributed by atoms with Crippen LogP contribution in [0.3, 0.4) is 0 Å². The molecule has 0 aromatic heterocycles. The molecule has 2 aliphatic rings. The fraction of sp³-hybridized carbons (Fsp3) is 0.857. The van der Waals surface area contributed by atoms with Gasteiger partial charge < -0.3 is 20.1 Å². The van der Waals surface area contributed by atoms with Gasteiger partial charge >= 0.3 is 12.0 Å². The minimum atomic E-state index is -0.751. The van der Waals surface area contributed by atoms with Crippen molar-refractivity contribution in [2.75, 3.05) is 26.2 Å². The van der Waals surface area contributed by atoms with Gasteiger partial charge in [0, 0.05) is 19.6 Å². The summed E-state index contributed by atoms with van der Waals surface area (Å²) in [6.07, 6.45) is 2.70. The van der Waals surface area contributed by atoms with Crippen LogP contribution in [0.25, 0.3) is 0 Å². The number of nitrogens with zero attached hydrogens (tertiary/aromatic N) is 1. The van der Waals surface area contributed by atoms with Crippen molar-refractivity contribution in [2.24, 2.45) is 11.3 Å². The van der Waals surface area contributed by atoms with Crippen molar-refractivity contribution in [3.63, 3.8) is 0 Å². The second-order valence-electron chi connectivity index (χ2n) is 6.08. The third-order valence-corrected chi connectivity index (χ3v) is 4.41. The van der Waals surface area contributed by atoms with Crippen LogP contribution >= 0.6 is 0 Å². The predicted octanol–water partition coefficient (Wildman–Crippen LogP) is 1.31. The maximum atomic E-state index is 12.1. The smallest absolute Gasteiger partial charge is 0.317 e. The standard InChI is InChI=1S/C14H24N2O4/c1-10(2)20-7-6-15-13(19)16-8-11-4-3-5-14(11,9-16)12(17)18/h10-11H,3-9H2,1-2H3,(H,15,19)(H,17,18)/t11-,14+/m0/s1. The zero-order valence-corrected chi connectivity index (χ0v) is 12.2. The molecule has 1 saturated carbocycles. The Hall–Kier alpha value is -1.30. The summed E-state index contributed by atoms with van der Waals surface area (Å²) < 4.78 is 5.36. The second kappa shape index (κ2) is 5.99. The van der Waals surface area contributed by atoms with E-state index in [0.29, 0.717) is 32.7 Å². The molecule has 0 aromatic carbocycles. The predicted molar refractivity (Wildman–Crippen MR) is 73.5 cm³/mol. The van der Waals surface area contributed by atoms with Crippen LogP contribution in [0.2, 0.25) is 0 Å². The van der Waals surface area contributed by atoms with E-state index in [1.165, 1.54) is 0 Å². The molecule has 0 aromatic rings. The highest BCUT2D eigenvalue weighted by Gasteiger charge is 2.55. The summed E-state index contributed by atoms with van der Waals surface area (Å²) in [5, 5.41) is 12.3. The van der Waals surface area contributed by atoms with Crippen molar-refractivity contribution < 1.29 is 19.4 Å². The van der Waals surface area contributed by atoms with Crippen LogP contribution in [0.15, 0.2) is 0 Å². The van der Waals surface area contributed by atoms with Crippen LogP contribution in [0, 0.1) is 11.3 Å². The normalized spacial score (nSPS) is 28.8. The number of likely N-dealkylation sites (tertiary alicyclic amines) is 1. The van der Waals surface area contributed by atoms with E-state index in [1.807, 2.05) is 13.8 Å². The quantitative estimate of drug-likeness (QED) is 0.746. The van der Waals surface area contributed by atoms with Crippen LogP contribution in [-0.2, 0) is 9.53 Å². The first kappa shape index (κ1) is 15.1. The Bertz CT molecular complexity index is 385. The van der Waals surface area contributed by atoms with Crippen molar-refractivity contribution >= 4 is 12.0 Å². The fourth-order valence-electron chi connectivity index (χ4n) is 3.36. The highest BCUT2D eigenvalue weighted by atomic mass is 16.5. The lowest BCUT2D eigenvalue weighted by Gasteiger charge is -2.23. The molecule has 1 aliphatic heterocycles. The molecule has 6 heteroatoms. The SMILES string of the molecule is CC(C)OCCNC(=O)N1C[C@@H]2CCC[C@@]2(C(=O)O)C1. The molecule has 6 nitrogen and oxygen atoms in total. The highest BCUT2D eigenvalue weighted by molar-refractivity contribution is 5.80. The second-order valence-corrected chi connectivity index (χ2v) is 6.08. The topological polar surface area (TPSA) is 78.9 Å². The summed E-state index contributed by atoms with van der Waals surface area (Å²) in [5.74, 6) is -0.642. The van der Waals surface area contributed by atoms with Crippen LogP contribution in [-0.4, -0.2) is 54.4 Å². The van der Waals surface area contributed by atoms with E-state index in [9.17, 15) is 14.7 Å². The molecular weight excluding hydrogens is 260 g/mol. The molecule has 2 fully saturated rings. The van der Waals surface area contributed by atoms with Gasteiger partial charge in [0.05, 0.1) is 18.1 Å². The first-order valence-electron chi connectivity index (χ1n) is 7.33. The molecule has 1 heterocycles. The maximum absolute atomic E-state index is 12.1. The number of urea groups is 1. The highest BCUT2D eigenvalue weighted by Crippen LogP contribution is 2.48. The van der Waals surface area contributed by atoms with Gasteiger partial charge in [-0.1, -0.05) is 6.42 Å². The van der Waals surface area contributed by atoms with E-state index in [4.69, 9.17) is 4.74 Å². The van der Waals surface area contributed by atoms with E-state index < -0.39 is 11.4 Å². The van der Waals surface area contributed by atoms with Gasteiger partial charge in [0.2, 0.25) is 0 Å². The zero-order chi connectivity index (χ0) is 14.8. The summed E-state index contributed by atoms with van der Waals surface area (Å²) in [4.78, 5) is 25.2. The molecule has 0 radical (unpaired) electrons. The van der Waals surface area contributed by atoms with Gasteiger partial charge in [-0.15, -0.1) is 0 Å². The number of hydrogen-bond acceptors (Lipinski definition) is 3. The molecular formula is C14H24N2O4. The number of carbonyl (C=O) groups excluding carboxylic acids is 1. The van der Waals surface area contributed by atoms with Crippen molar-refractivity contribution in [3.05, 3.63) is 0 Å². The Morgan fingerprint density at radius 2 is 2.25 bits per heavy atom. The van der Waals surface area contributed by atoms with Crippen LogP contribution in [0.4, 0.5) is 4.79 Å². The average Bonchev–Trinajstić information content (AvgIpc) is 2.91. The van der Waals surface area contributed by atoms with E-state index in [1.54, 1.807) is 4.90 Å². The monoisotopic (exact) mass is 284 g/mol. The number of amides is 2. The molecule has 2 rings (SSSR count). The molecule has 2 atom stereocenters. The molecule has 2 amide bonds. The first-order valence-corrected chi connectivity index (χ1v) is 7.33. The van der Waals surface area contributed by atoms with Gasteiger partial charge in [-0.2, -0.15) is 0 Å². The van der Waals surface area contributed by atoms with Gasteiger partial charge in [0.25, 0.3) is 0 Å². The number of ether oxygens (including phenoxy) is 1. The number of carboxylic acids is 1. The maximum Gasteiger partial charge on any atom is 0.317 e. The lowest BCUT2D eigenvalue weighted by atomic mass is 9.81. The van der Waals surface area contributed by atoms with Gasteiger partial charge in [-0.3, -0.25) is 4.79 Å². The molecule has 0 bridgehead atoms. The van der Waals surface area contributed by atoms with Crippen molar-refractivity contribution in [1.29, 1.82) is 0 Å². The molecule has 0 spiro atoms. The first-order chi connectivity index (χ1) is 9.45. The lowest BCUT2D eigenvalue weighted by Crippen LogP contribution is -2.42. The average molecular weight is 284 g/mol. The Balaban J connectivity index is 1.83. The van der Waals surface area contributed by atoms with E-state index >= 15 is 0 Å². The van der Waals surface area contributed by atoms with Gasteiger partial charge in [0.1, 0.15) is 0 Å². The van der Waals surface area contributed by atoms with Gasteiger partial charge in [-0.25, -0.2) is 4.79 Å². The van der Waals surface area contributed by atoms with E-state index in [2.05, 4.69) is 5.32 Å². The van der Waals surface area contributed by atoms with Crippen LogP contribution < -0.4 is 5.32 Å². The summed E-state index contributed by atoms with van der Waals surface area (Å²) in [6.45, 7) is 5.72. The Kier molecular flexibility index (Phi) is 4.52. The number of rotatable bonds is 5. The Morgan fingerprint density at radius 3 is 2.85 bits per heavy atom. The van der Waals surface area contributed by atoms with Gasteiger partial charge in [0.15, 0.2) is 0 Å². The number of nitrogens with one attached hydrogen (secondary N) is 1. The largest absolute Gasteiger partial charge is 0.481 e. The number of aliphatic carboxylic acids is 1. The van der Waals surface area contributed by atoms with Crippen molar-refractivity contribution in [2.45, 2.75) is 39.2 Å². The summed E-state index contributed by atoms with van der Waals surface area (Å²) in [7, 11) is 0. The summed E-state index contributed by atoms with van der Waals surface area (Å²) in [5.41, 5.74) is -0.703. The van der Waals surface area contributed by atoms with E-state index in [-0.39, 0.29) is 18.1 Å². The number of carbonyl (C=O) groups is 2. The molecule has 1 saturated heterocycles. The van der Waals surface area contributed by atoms with Crippen molar-refractivity contribution in [3.8, 4) is 0 Å². The Morgan fingerprint density at radius 1 is 1.50 bits per heavy atom. The number of carboxylic acid groups (broad SMARTS) is 1. The third kappa shape index (κ3) is 2.90. The Labute approximate surface area is 119 Å². The van der Waals surface area contributed by atoms with E-state index in [0.717, 1.165) is 12.8 Å². The molecule has 2 N–H and O–H groups in total. The summed E-state index contributed by atoms with van der Waals surface area (Å²) >= 11 is 0. The number of fused-ring (bicyclic) bond motifs is 1. The lowest BCUT2D eigenvalue weighted by molar-refractivity contribution is -0.149. The molecule has 0 unspecified atom stereocenters. The van der Waals surface area contributed by atoms with Crippen LogP contribution in [0.5, 0.6) is 0 Å². The summed E-state index contributed by atoms with van der Waals surface area (Å²) in [6, 6.07) is -0.174. The third-order valence-electron chi connectivity index (χ3n) is 4.41. The zero-order valence-electron chi connectivity index (χ0n) is 12.2. The van der Waals surface area contributed by atoms with Crippen LogP contribution in [0.1, 0.15) is 33.1 Å². The minimum absolute atomic E-state index is 0.109. The number of hydrogen-bond donors (Lipinski definition) is 2. The molecule has 1 aliphatic carbocycles. The molecule has 20 heavy (non-hydrogen) atoms. The van der Waals surface area contributed by atoms with Crippen molar-refractivity contribution in [1.82, 2.24) is 10.2 Å². The van der Waals surface area contributed by atoms with Gasteiger partial charge in [-0.05, 0) is 32.6 Å². The minimum Gasteiger partial charge on any atom is -0.481 e. The fourth-order valence-corrected chi connectivity index (χ4v) is 3.36. The molecule has 114 valence electrons.